The van der Waals surface area contributed by atoms with E-state index in [0.29, 0.717) is 10.7 Å². The highest BCUT2D eigenvalue weighted by molar-refractivity contribution is 7.19. The molecule has 0 saturated carbocycles. The van der Waals surface area contributed by atoms with Crippen molar-refractivity contribution in [1.82, 2.24) is 0 Å². The Labute approximate surface area is 248 Å². The number of fused-ring (bicyclic) bond motifs is 1. The summed E-state index contributed by atoms with van der Waals surface area (Å²) in [6.45, 7) is 4.20. The Bertz CT molecular complexity index is 1750. The van der Waals surface area contributed by atoms with E-state index < -0.39 is 0 Å². The maximum absolute atomic E-state index is 6.18. The first-order valence-corrected chi connectivity index (χ1v) is 14.8. The van der Waals surface area contributed by atoms with Gasteiger partial charge in [-0.15, -0.1) is 15.3 Å². The van der Waals surface area contributed by atoms with E-state index in [0.717, 1.165) is 57.2 Å². The number of aryl methyl sites for hydroxylation is 1. The normalized spacial score (nSPS) is 14.2. The minimum Gasteiger partial charge on any atom is -0.363 e. The number of halogens is 1. The molecule has 4 aromatic carbocycles. The first-order chi connectivity index (χ1) is 20.1. The van der Waals surface area contributed by atoms with Crippen molar-refractivity contribution in [2.24, 2.45) is 30.7 Å². The lowest BCUT2D eigenvalue weighted by atomic mass is 10.1. The highest BCUT2D eigenvalue weighted by Crippen LogP contribution is 2.38. The summed E-state index contributed by atoms with van der Waals surface area (Å²) >= 11 is 7.87. The Kier molecular flexibility index (Phi) is 8.21. The van der Waals surface area contributed by atoms with Gasteiger partial charge in [-0.2, -0.15) is 15.3 Å². The smallest absolute Gasteiger partial charge is 0.140 e. The molecule has 0 aliphatic carbocycles. The minimum atomic E-state index is 0.671. The van der Waals surface area contributed by atoms with Crippen molar-refractivity contribution in [3.63, 3.8) is 0 Å². The van der Waals surface area contributed by atoms with E-state index in [1.165, 1.54) is 24.3 Å². The highest BCUT2D eigenvalue weighted by Gasteiger charge is 2.13. The second kappa shape index (κ2) is 12.5. The predicted molar refractivity (Wildman–Crippen MR) is 169 cm³/mol. The number of piperidine rings is 1. The van der Waals surface area contributed by atoms with E-state index in [9.17, 15) is 0 Å². The van der Waals surface area contributed by atoms with Gasteiger partial charge in [-0.3, -0.25) is 0 Å². The average Bonchev–Trinajstić information content (AvgIpc) is 3.50. The van der Waals surface area contributed by atoms with Crippen molar-refractivity contribution in [2.75, 3.05) is 18.0 Å². The van der Waals surface area contributed by atoms with Crippen molar-refractivity contribution in [3.05, 3.63) is 102 Å². The van der Waals surface area contributed by atoms with Gasteiger partial charge in [0.05, 0.1) is 33.4 Å². The van der Waals surface area contributed by atoms with E-state index in [2.05, 4.69) is 41.7 Å². The fourth-order valence-corrected chi connectivity index (χ4v) is 5.71. The molecule has 204 valence electrons. The number of benzene rings is 4. The molecule has 1 saturated heterocycles. The molecule has 2 heterocycles. The van der Waals surface area contributed by atoms with Crippen LogP contribution < -0.4 is 4.90 Å². The zero-order valence-corrected chi connectivity index (χ0v) is 24.2. The predicted octanol–water partition coefficient (Wildman–Crippen LogP) is 12.1. The summed E-state index contributed by atoms with van der Waals surface area (Å²) in [5.41, 5.74) is 4.72. The molecule has 5 aromatic rings. The number of rotatable bonds is 7. The fourth-order valence-electron chi connectivity index (χ4n) is 4.66. The highest BCUT2D eigenvalue weighted by atomic mass is 35.5. The Morgan fingerprint density at radius 2 is 1.20 bits per heavy atom. The Hall–Kier alpha value is -4.27. The van der Waals surface area contributed by atoms with Gasteiger partial charge >= 0.3 is 0 Å². The molecule has 9 heteroatoms. The summed E-state index contributed by atoms with van der Waals surface area (Å²) < 4.78 is 0. The van der Waals surface area contributed by atoms with Crippen LogP contribution in [0, 0.1) is 6.92 Å². The summed E-state index contributed by atoms with van der Waals surface area (Å²) in [5.74, 6) is 0. The lowest BCUT2D eigenvalue weighted by molar-refractivity contribution is 0.580. The molecule has 1 aliphatic heterocycles. The van der Waals surface area contributed by atoms with Crippen LogP contribution in [0.15, 0.2) is 122 Å². The number of nitrogens with zero attached hydrogens (tertiary/aromatic N) is 7. The van der Waals surface area contributed by atoms with Gasteiger partial charge in [0.1, 0.15) is 5.00 Å². The van der Waals surface area contributed by atoms with E-state index in [4.69, 9.17) is 11.6 Å². The van der Waals surface area contributed by atoms with E-state index >= 15 is 0 Å². The standard InChI is InChI=1S/C32H28ClN7S/c1-22-9-10-25(21-28(22)33)36-34-23-11-13-24(14-12-23)35-37-29-15-16-30(27-8-4-3-7-26(27)29)38-39-31-17-18-32(41-31)40-19-5-2-6-20-40/h3-4,7-18,21H,2,5-6,19-20H2,1H3. The molecular weight excluding hydrogens is 550 g/mol. The summed E-state index contributed by atoms with van der Waals surface area (Å²) in [6.07, 6.45) is 3.83. The number of azo groups is 3. The van der Waals surface area contributed by atoms with Crippen molar-refractivity contribution in [1.29, 1.82) is 0 Å². The zero-order chi connectivity index (χ0) is 28.0. The molecular formula is C32H28ClN7S. The van der Waals surface area contributed by atoms with Gasteiger partial charge < -0.3 is 4.90 Å². The van der Waals surface area contributed by atoms with Gasteiger partial charge in [0.25, 0.3) is 0 Å². The van der Waals surface area contributed by atoms with Crippen LogP contribution in [-0.2, 0) is 0 Å². The molecule has 1 aliphatic rings. The van der Waals surface area contributed by atoms with Gasteiger partial charge in [0.2, 0.25) is 0 Å². The molecule has 0 bridgehead atoms. The number of thiophene rings is 1. The van der Waals surface area contributed by atoms with E-state index in [-0.39, 0.29) is 0 Å². The van der Waals surface area contributed by atoms with E-state index in [1.807, 2.05) is 85.8 Å². The molecule has 0 radical (unpaired) electrons. The van der Waals surface area contributed by atoms with Gasteiger partial charge in [0.15, 0.2) is 0 Å². The monoisotopic (exact) mass is 577 g/mol. The molecule has 7 nitrogen and oxygen atoms in total. The quantitative estimate of drug-likeness (QED) is 0.177. The summed E-state index contributed by atoms with van der Waals surface area (Å²) in [4.78, 5) is 2.45. The maximum Gasteiger partial charge on any atom is 0.140 e. The van der Waals surface area contributed by atoms with Crippen molar-refractivity contribution < 1.29 is 0 Å². The van der Waals surface area contributed by atoms with Gasteiger partial charge in [-0.1, -0.05) is 53.3 Å². The second-order valence-electron chi connectivity index (χ2n) is 9.86. The SMILES string of the molecule is Cc1ccc(N=Nc2ccc(N=Nc3ccc(N=Nc4ccc(N5CCCCC5)s4)c4ccccc34)cc2)cc1Cl. The average molecular weight is 578 g/mol. The largest absolute Gasteiger partial charge is 0.363 e. The van der Waals surface area contributed by atoms with Gasteiger partial charge in [-0.25, -0.2) is 0 Å². The summed E-state index contributed by atoms with van der Waals surface area (Å²) in [7, 11) is 0. The molecule has 0 atom stereocenters. The van der Waals surface area contributed by atoms with Crippen LogP contribution in [0.2, 0.25) is 5.02 Å². The number of hydrogen-bond donors (Lipinski definition) is 0. The van der Waals surface area contributed by atoms with Crippen LogP contribution in [0.5, 0.6) is 0 Å². The third kappa shape index (κ3) is 6.56. The topological polar surface area (TPSA) is 77.4 Å². The van der Waals surface area contributed by atoms with Gasteiger partial charge in [0, 0.05) is 28.9 Å². The number of hydrogen-bond acceptors (Lipinski definition) is 8. The first-order valence-electron chi connectivity index (χ1n) is 13.6. The van der Waals surface area contributed by atoms with Gasteiger partial charge in [-0.05, 0) is 92.4 Å². The van der Waals surface area contributed by atoms with Crippen LogP contribution in [-0.4, -0.2) is 13.1 Å². The molecule has 0 amide bonds. The number of anilines is 1. The Morgan fingerprint density at radius 1 is 0.610 bits per heavy atom. The summed E-state index contributed by atoms with van der Waals surface area (Å²) in [6, 6.07) is 29.2. The lowest BCUT2D eigenvalue weighted by Gasteiger charge is -2.26. The molecule has 1 fully saturated rings. The minimum absolute atomic E-state index is 0.671. The van der Waals surface area contributed by atoms with Crippen LogP contribution >= 0.6 is 22.9 Å². The Morgan fingerprint density at radius 3 is 1.85 bits per heavy atom. The second-order valence-corrected chi connectivity index (χ2v) is 11.3. The maximum atomic E-state index is 6.18. The summed E-state index contributed by atoms with van der Waals surface area (Å²) in [5, 5.41) is 31.5. The van der Waals surface area contributed by atoms with Crippen LogP contribution in [0.1, 0.15) is 24.8 Å². The molecule has 6 rings (SSSR count). The molecule has 1 aromatic heterocycles. The van der Waals surface area contributed by atoms with Crippen LogP contribution in [0.25, 0.3) is 10.8 Å². The lowest BCUT2D eigenvalue weighted by Crippen LogP contribution is -2.28. The molecule has 0 N–H and O–H groups in total. The molecule has 41 heavy (non-hydrogen) atoms. The van der Waals surface area contributed by atoms with E-state index in [1.54, 1.807) is 17.4 Å². The van der Waals surface area contributed by atoms with Crippen LogP contribution in [0.3, 0.4) is 0 Å². The van der Waals surface area contributed by atoms with Crippen LogP contribution in [0.4, 0.5) is 38.4 Å². The Balaban J connectivity index is 1.17. The third-order valence-electron chi connectivity index (χ3n) is 6.94. The van der Waals surface area contributed by atoms with Crippen molar-refractivity contribution in [3.8, 4) is 0 Å². The zero-order valence-electron chi connectivity index (χ0n) is 22.6. The third-order valence-corrected chi connectivity index (χ3v) is 8.38. The fraction of sp³-hybridized carbons (Fsp3) is 0.188. The first kappa shape index (κ1) is 26.9. The molecule has 0 spiro atoms. The van der Waals surface area contributed by atoms with Crippen molar-refractivity contribution >= 4 is 72.1 Å². The molecule has 0 unspecified atom stereocenters. The van der Waals surface area contributed by atoms with Crippen molar-refractivity contribution in [2.45, 2.75) is 26.2 Å².